The van der Waals surface area contributed by atoms with E-state index >= 15 is 0 Å². The molecule has 0 saturated carbocycles. The molecular formula is CH3Br2IOSi. The number of hydrogen-bond acceptors (Lipinski definition) is 1. The Morgan fingerprint density at radius 1 is 1.67 bits per heavy atom. The summed E-state index contributed by atoms with van der Waals surface area (Å²) in [6.07, 6.45) is 0. The average molecular weight is 346 g/mol. The average Bonchev–Trinajstić information content (AvgIpc) is 1.35. The molecule has 0 aliphatic carbocycles. The topological polar surface area (TPSA) is 9.23 Å². The minimum atomic E-state index is -1.54. The van der Waals surface area contributed by atoms with Gasteiger partial charge in [0.1, 0.15) is 0 Å². The van der Waals surface area contributed by atoms with Gasteiger partial charge in [-0.25, -0.2) is 0 Å². The van der Waals surface area contributed by atoms with Crippen LogP contribution in [0.25, 0.3) is 0 Å². The van der Waals surface area contributed by atoms with Crippen LogP contribution in [0.3, 0.4) is 0 Å². The summed E-state index contributed by atoms with van der Waals surface area (Å²) in [5.74, 6) is 0. The van der Waals surface area contributed by atoms with Gasteiger partial charge in [0.25, 0.3) is 0 Å². The minimum absolute atomic E-state index is 1.54. The summed E-state index contributed by atoms with van der Waals surface area (Å²) in [6.45, 7) is 0. The van der Waals surface area contributed by atoms with Crippen LogP contribution in [0, 0.1) is 0 Å². The van der Waals surface area contributed by atoms with E-state index in [0.29, 0.717) is 0 Å². The Bertz CT molecular complexity index is 43.3. The molecule has 0 saturated heterocycles. The van der Waals surface area contributed by atoms with Crippen LogP contribution in [0.15, 0.2) is 0 Å². The normalized spacial score (nSPS) is 12.0. The maximum absolute atomic E-state index is 4.90. The molecular weight excluding hydrogens is 343 g/mol. The third kappa shape index (κ3) is 5.87. The van der Waals surface area contributed by atoms with Crippen molar-refractivity contribution in [3.05, 3.63) is 0 Å². The van der Waals surface area contributed by atoms with E-state index in [0.717, 1.165) is 0 Å². The Kier molecular flexibility index (Phi) is 3.94. The van der Waals surface area contributed by atoms with Crippen LogP contribution in [0.1, 0.15) is 0 Å². The first kappa shape index (κ1) is 7.87. The zero-order chi connectivity index (χ0) is 5.21. The predicted molar refractivity (Wildman–Crippen MR) is 44.6 cm³/mol. The molecule has 0 unspecified atom stereocenters. The fourth-order valence-corrected chi connectivity index (χ4v) is 0. The molecule has 0 heterocycles. The van der Waals surface area contributed by atoms with Crippen molar-refractivity contribution in [3.63, 3.8) is 0 Å². The van der Waals surface area contributed by atoms with E-state index in [1.165, 1.54) is 0 Å². The Balaban J connectivity index is 3.17. The Labute approximate surface area is 66.3 Å². The van der Waals surface area contributed by atoms with E-state index in [1.807, 2.05) is 0 Å². The van der Waals surface area contributed by atoms with Crippen LogP contribution >= 0.6 is 52.4 Å². The van der Waals surface area contributed by atoms with E-state index < -0.39 is 3.05 Å². The Morgan fingerprint density at radius 3 is 1.83 bits per heavy atom. The van der Waals surface area contributed by atoms with Crippen molar-refractivity contribution in [2.24, 2.45) is 0 Å². The van der Waals surface area contributed by atoms with Gasteiger partial charge in [0.2, 0.25) is 0 Å². The molecule has 6 heavy (non-hydrogen) atoms. The summed E-state index contributed by atoms with van der Waals surface area (Å²) < 4.78 is 3.36. The summed E-state index contributed by atoms with van der Waals surface area (Å²) in [6, 6.07) is 0. The fraction of sp³-hybridized carbons (Fsp3) is 1.00. The zero-order valence-electron chi connectivity index (χ0n) is 3.04. The van der Waals surface area contributed by atoms with E-state index in [2.05, 4.69) is 52.4 Å². The van der Waals surface area contributed by atoms with E-state index in [-0.39, 0.29) is 0 Å². The van der Waals surface area contributed by atoms with Gasteiger partial charge < -0.3 is 4.43 Å². The van der Waals surface area contributed by atoms with Crippen molar-refractivity contribution in [2.45, 2.75) is 0 Å². The Hall–Kier alpha value is 1.87. The third-order valence-electron chi connectivity index (χ3n) is 0.231. The van der Waals surface area contributed by atoms with Gasteiger partial charge in [-0.2, -0.15) is 0 Å². The zero-order valence-corrected chi connectivity index (χ0v) is 9.37. The predicted octanol–water partition coefficient (Wildman–Crippen LogP) is 2.29. The molecule has 0 aliphatic rings. The fourth-order valence-electron chi connectivity index (χ4n) is 0. The second kappa shape index (κ2) is 3.01. The highest BCUT2D eigenvalue weighted by Crippen LogP contribution is 2.27. The van der Waals surface area contributed by atoms with Crippen molar-refractivity contribution in [2.75, 3.05) is 7.11 Å². The Morgan fingerprint density at radius 2 is 1.83 bits per heavy atom. The van der Waals surface area contributed by atoms with Crippen LogP contribution in [0.2, 0.25) is 0 Å². The molecule has 0 spiro atoms. The summed E-state index contributed by atoms with van der Waals surface area (Å²) in [4.78, 5) is 0. The molecule has 0 rings (SSSR count). The largest absolute Gasteiger partial charge is 0.403 e. The number of halogens is 3. The molecule has 0 aromatic carbocycles. The molecule has 0 fully saturated rings. The molecule has 0 aromatic rings. The highest BCUT2D eigenvalue weighted by Gasteiger charge is 2.20. The molecule has 1 nitrogen and oxygen atoms in total. The van der Waals surface area contributed by atoms with Crippen molar-refractivity contribution in [3.8, 4) is 0 Å². The molecule has 5 heteroatoms. The van der Waals surface area contributed by atoms with E-state index in [9.17, 15) is 0 Å². The van der Waals surface area contributed by atoms with Crippen LogP contribution in [0.5, 0.6) is 0 Å². The first-order chi connectivity index (χ1) is 2.56. The molecule has 0 amide bonds. The van der Waals surface area contributed by atoms with E-state index in [1.54, 1.807) is 7.11 Å². The summed E-state index contributed by atoms with van der Waals surface area (Å²) in [5, 5.41) is 0. The number of rotatable bonds is 1. The standard InChI is InChI=1S/CH3Br2IOSi/c1-5-6(2,3)4/h1H3. The van der Waals surface area contributed by atoms with Crippen LogP contribution in [0.4, 0.5) is 0 Å². The van der Waals surface area contributed by atoms with Crippen molar-refractivity contribution in [1.82, 2.24) is 0 Å². The van der Waals surface area contributed by atoms with Crippen molar-refractivity contribution >= 4 is 55.4 Å². The second-order valence-electron chi connectivity index (χ2n) is 0.650. The van der Waals surface area contributed by atoms with Gasteiger partial charge in [-0.1, -0.05) is 52.4 Å². The molecule has 0 radical (unpaired) electrons. The lowest BCUT2D eigenvalue weighted by molar-refractivity contribution is 0.451. The van der Waals surface area contributed by atoms with Gasteiger partial charge in [0.15, 0.2) is 0 Å². The van der Waals surface area contributed by atoms with Crippen molar-refractivity contribution < 1.29 is 4.43 Å². The maximum Gasteiger partial charge on any atom is 0.403 e. The SMILES string of the molecule is CO[Si](Br)(Br)I. The molecule has 0 aliphatic heterocycles. The van der Waals surface area contributed by atoms with Gasteiger partial charge in [0, 0.05) is 7.11 Å². The van der Waals surface area contributed by atoms with Gasteiger partial charge in [-0.05, 0) is 0 Å². The van der Waals surface area contributed by atoms with Gasteiger partial charge >= 0.3 is 3.05 Å². The molecule has 0 aromatic heterocycles. The summed E-state index contributed by atoms with van der Waals surface area (Å²) in [5.41, 5.74) is 0. The van der Waals surface area contributed by atoms with Gasteiger partial charge in [-0.15, -0.1) is 0 Å². The smallest absolute Gasteiger partial charge is 0.395 e. The molecule has 0 atom stereocenters. The first-order valence-electron chi connectivity index (χ1n) is 1.18. The van der Waals surface area contributed by atoms with E-state index in [4.69, 9.17) is 4.43 Å². The van der Waals surface area contributed by atoms with Crippen molar-refractivity contribution in [1.29, 1.82) is 0 Å². The number of hydrogen-bond donors (Lipinski definition) is 0. The minimum Gasteiger partial charge on any atom is -0.395 e. The summed E-state index contributed by atoms with van der Waals surface area (Å²) >= 11 is 8.79. The monoisotopic (exact) mass is 344 g/mol. The highest BCUT2D eigenvalue weighted by atomic mass is 127. The second-order valence-corrected chi connectivity index (χ2v) is 25.3. The lowest BCUT2D eigenvalue weighted by Gasteiger charge is -2.01. The molecule has 0 bridgehead atoms. The highest BCUT2D eigenvalue weighted by molar-refractivity contribution is 14.1. The third-order valence-corrected chi connectivity index (χ3v) is 3.96. The quantitative estimate of drug-likeness (QED) is 0.402. The van der Waals surface area contributed by atoms with Gasteiger partial charge in [0.05, 0.1) is 0 Å². The lowest BCUT2D eigenvalue weighted by atomic mass is 11.8. The van der Waals surface area contributed by atoms with Crippen LogP contribution < -0.4 is 0 Å². The van der Waals surface area contributed by atoms with Crippen LogP contribution in [-0.4, -0.2) is 10.2 Å². The van der Waals surface area contributed by atoms with Crippen LogP contribution in [-0.2, 0) is 4.43 Å². The molecule has 38 valence electrons. The molecule has 0 N–H and O–H groups in total. The lowest BCUT2D eigenvalue weighted by Crippen LogP contribution is -2.08. The first-order valence-corrected chi connectivity index (χ1v) is 10.7. The van der Waals surface area contributed by atoms with Gasteiger partial charge in [-0.3, -0.25) is 0 Å². The summed E-state index contributed by atoms with van der Waals surface area (Å²) in [7, 11) is 1.67. The maximum atomic E-state index is 4.90.